The summed E-state index contributed by atoms with van der Waals surface area (Å²) in [7, 11) is 0. The van der Waals surface area contributed by atoms with Gasteiger partial charge >= 0.3 is 11.9 Å². The zero-order valence-corrected chi connectivity index (χ0v) is 19.0. The molecule has 3 heterocycles. The molecule has 0 unspecified atom stereocenters. The number of carbonyl (C=O) groups is 2. The van der Waals surface area contributed by atoms with Crippen molar-refractivity contribution in [2.24, 2.45) is 0 Å². The fourth-order valence-electron chi connectivity index (χ4n) is 3.35. The van der Waals surface area contributed by atoms with Crippen molar-refractivity contribution in [3.05, 3.63) is 59.4 Å². The molecule has 33 heavy (non-hydrogen) atoms. The highest BCUT2D eigenvalue weighted by Gasteiger charge is 2.25. The summed E-state index contributed by atoms with van der Waals surface area (Å²) < 4.78 is 17.8. The lowest BCUT2D eigenvalue weighted by atomic mass is 10.2. The van der Waals surface area contributed by atoms with Crippen molar-refractivity contribution >= 4 is 40.6 Å². The van der Waals surface area contributed by atoms with Gasteiger partial charge in [0.05, 0.1) is 18.2 Å². The molecule has 0 saturated carbocycles. The molecule has 0 aliphatic carbocycles. The molecule has 0 spiro atoms. The first-order valence-corrected chi connectivity index (χ1v) is 11.2. The van der Waals surface area contributed by atoms with Gasteiger partial charge in [0.1, 0.15) is 17.1 Å². The molecular formula is C22H21N5O5S. The predicted molar refractivity (Wildman–Crippen MR) is 121 cm³/mol. The number of thioether (sulfide) groups is 1. The Morgan fingerprint density at radius 1 is 1.15 bits per heavy atom. The van der Waals surface area contributed by atoms with Crippen LogP contribution in [-0.4, -0.2) is 44.3 Å². The van der Waals surface area contributed by atoms with Gasteiger partial charge in [-0.25, -0.2) is 19.6 Å². The summed E-state index contributed by atoms with van der Waals surface area (Å²) in [6.45, 7) is 3.27. The Labute approximate surface area is 193 Å². The van der Waals surface area contributed by atoms with Gasteiger partial charge in [-0.1, -0.05) is 30.0 Å². The van der Waals surface area contributed by atoms with Gasteiger partial charge in [-0.2, -0.15) is 4.98 Å². The number of esters is 2. The SMILES string of the molecule is CCOC(=O)c1c(C)oc2nc(COC(=O)c3cnc(SC)n3-c3ccccc3)nc(N)c12. The highest BCUT2D eigenvalue weighted by Crippen LogP contribution is 2.29. The summed E-state index contributed by atoms with van der Waals surface area (Å²) >= 11 is 1.41. The van der Waals surface area contributed by atoms with E-state index in [4.69, 9.17) is 19.6 Å². The van der Waals surface area contributed by atoms with Crippen molar-refractivity contribution in [3.63, 3.8) is 0 Å². The Bertz CT molecular complexity index is 1330. The Hall–Kier alpha value is -3.86. The smallest absolute Gasteiger partial charge is 0.357 e. The molecule has 0 amide bonds. The van der Waals surface area contributed by atoms with Gasteiger partial charge in [0, 0.05) is 5.69 Å². The van der Waals surface area contributed by atoms with Crippen molar-refractivity contribution < 1.29 is 23.5 Å². The monoisotopic (exact) mass is 467 g/mol. The van der Waals surface area contributed by atoms with E-state index in [-0.39, 0.29) is 47.2 Å². The van der Waals surface area contributed by atoms with Crippen LogP contribution in [0.25, 0.3) is 16.8 Å². The minimum Gasteiger partial charge on any atom is -0.462 e. The predicted octanol–water partition coefficient (Wildman–Crippen LogP) is 3.55. The number of hydrogen-bond donors (Lipinski definition) is 1. The van der Waals surface area contributed by atoms with E-state index in [1.165, 1.54) is 18.0 Å². The molecule has 3 aromatic heterocycles. The number of furan rings is 1. The number of nitrogens with two attached hydrogens (primary N) is 1. The topological polar surface area (TPSA) is 135 Å². The summed E-state index contributed by atoms with van der Waals surface area (Å²) in [5.74, 6) is -0.688. The van der Waals surface area contributed by atoms with Crippen LogP contribution in [0.3, 0.4) is 0 Å². The zero-order chi connectivity index (χ0) is 23.5. The number of aryl methyl sites for hydroxylation is 1. The quantitative estimate of drug-likeness (QED) is 0.317. The Kier molecular flexibility index (Phi) is 6.31. The fraction of sp³-hybridized carbons (Fsp3) is 0.227. The van der Waals surface area contributed by atoms with Crippen LogP contribution in [0.15, 0.2) is 46.1 Å². The number of anilines is 1. The third-order valence-corrected chi connectivity index (χ3v) is 5.40. The lowest BCUT2D eigenvalue weighted by Gasteiger charge is -2.10. The number of nitrogen functional groups attached to an aromatic ring is 1. The number of aromatic nitrogens is 4. The van der Waals surface area contributed by atoms with Crippen LogP contribution in [0.4, 0.5) is 5.82 Å². The average Bonchev–Trinajstić information content (AvgIpc) is 3.39. The van der Waals surface area contributed by atoms with E-state index in [1.807, 2.05) is 36.6 Å². The molecular weight excluding hydrogens is 446 g/mol. The summed E-state index contributed by atoms with van der Waals surface area (Å²) in [6, 6.07) is 9.37. The second-order valence-corrected chi connectivity index (χ2v) is 7.61. The van der Waals surface area contributed by atoms with Gasteiger partial charge in [-0.05, 0) is 32.2 Å². The van der Waals surface area contributed by atoms with E-state index in [2.05, 4.69) is 15.0 Å². The van der Waals surface area contributed by atoms with E-state index in [0.29, 0.717) is 10.9 Å². The lowest BCUT2D eigenvalue weighted by molar-refractivity contribution is 0.0451. The van der Waals surface area contributed by atoms with E-state index in [9.17, 15) is 9.59 Å². The summed E-state index contributed by atoms with van der Waals surface area (Å²) in [6.07, 6.45) is 3.33. The standard InChI is InChI=1S/C22H21N5O5S/c1-4-30-21(29)16-12(2)32-19-17(16)18(23)25-15(26-19)11-31-20(28)14-10-24-22(33-3)27(14)13-8-6-5-7-9-13/h5-10H,4,11H2,1-3H3,(H2,23,25,26). The molecule has 2 N–H and O–H groups in total. The highest BCUT2D eigenvalue weighted by molar-refractivity contribution is 7.98. The Balaban J connectivity index is 1.59. The molecule has 1 aromatic carbocycles. The van der Waals surface area contributed by atoms with Gasteiger partial charge in [0.15, 0.2) is 23.3 Å². The molecule has 0 aliphatic heterocycles. The first-order valence-electron chi connectivity index (χ1n) is 10.0. The van der Waals surface area contributed by atoms with Crippen molar-refractivity contribution in [2.45, 2.75) is 25.6 Å². The number of carbonyl (C=O) groups excluding carboxylic acids is 2. The molecule has 11 heteroatoms. The molecule has 0 aliphatic rings. The molecule has 0 bridgehead atoms. The van der Waals surface area contributed by atoms with E-state index >= 15 is 0 Å². The number of ether oxygens (including phenoxy) is 2. The average molecular weight is 468 g/mol. The summed E-state index contributed by atoms with van der Waals surface area (Å²) in [4.78, 5) is 37.8. The van der Waals surface area contributed by atoms with Gasteiger partial charge in [-0.15, -0.1) is 0 Å². The largest absolute Gasteiger partial charge is 0.462 e. The van der Waals surface area contributed by atoms with Gasteiger partial charge in [-0.3, -0.25) is 4.57 Å². The van der Waals surface area contributed by atoms with Gasteiger partial charge < -0.3 is 19.6 Å². The van der Waals surface area contributed by atoms with Crippen LogP contribution in [0.1, 0.15) is 39.4 Å². The zero-order valence-electron chi connectivity index (χ0n) is 18.2. The van der Waals surface area contributed by atoms with E-state index in [0.717, 1.165) is 5.69 Å². The molecule has 4 aromatic rings. The number of hydrogen-bond acceptors (Lipinski definition) is 10. The molecule has 0 saturated heterocycles. The van der Waals surface area contributed by atoms with Crippen molar-refractivity contribution in [3.8, 4) is 5.69 Å². The Morgan fingerprint density at radius 3 is 2.61 bits per heavy atom. The third-order valence-electron chi connectivity index (χ3n) is 4.75. The van der Waals surface area contributed by atoms with E-state index < -0.39 is 11.9 Å². The van der Waals surface area contributed by atoms with Crippen LogP contribution in [0.5, 0.6) is 0 Å². The normalized spacial score (nSPS) is 11.0. The van der Waals surface area contributed by atoms with Crippen LogP contribution in [0, 0.1) is 6.92 Å². The lowest BCUT2D eigenvalue weighted by Crippen LogP contribution is -2.13. The van der Waals surface area contributed by atoms with Crippen LogP contribution < -0.4 is 5.73 Å². The third kappa shape index (κ3) is 4.27. The van der Waals surface area contributed by atoms with Crippen LogP contribution >= 0.6 is 11.8 Å². The van der Waals surface area contributed by atoms with Crippen molar-refractivity contribution in [1.82, 2.24) is 19.5 Å². The fourth-order valence-corrected chi connectivity index (χ4v) is 3.90. The molecule has 170 valence electrons. The number of benzene rings is 1. The number of fused-ring (bicyclic) bond motifs is 1. The van der Waals surface area contributed by atoms with Crippen LogP contribution in [0.2, 0.25) is 0 Å². The van der Waals surface area contributed by atoms with Gasteiger partial charge in [0.2, 0.25) is 5.71 Å². The van der Waals surface area contributed by atoms with Crippen molar-refractivity contribution in [2.75, 3.05) is 18.6 Å². The van der Waals surface area contributed by atoms with Crippen molar-refractivity contribution in [1.29, 1.82) is 0 Å². The number of rotatable bonds is 7. The number of imidazole rings is 1. The molecule has 0 fully saturated rings. The first kappa shape index (κ1) is 22.3. The second-order valence-electron chi connectivity index (χ2n) is 6.84. The summed E-state index contributed by atoms with van der Waals surface area (Å²) in [5, 5.41) is 0.917. The highest BCUT2D eigenvalue weighted by atomic mass is 32.2. The first-order chi connectivity index (χ1) is 15.9. The minimum absolute atomic E-state index is 0.0324. The molecule has 4 rings (SSSR count). The molecule has 0 atom stereocenters. The van der Waals surface area contributed by atoms with E-state index in [1.54, 1.807) is 18.4 Å². The maximum atomic E-state index is 12.8. The maximum absolute atomic E-state index is 12.8. The number of para-hydroxylation sites is 1. The molecule has 10 nitrogen and oxygen atoms in total. The Morgan fingerprint density at radius 2 is 1.91 bits per heavy atom. The van der Waals surface area contributed by atoms with Gasteiger partial charge in [0.25, 0.3) is 0 Å². The summed E-state index contributed by atoms with van der Waals surface area (Å²) in [5.41, 5.74) is 7.42. The number of nitrogens with zero attached hydrogens (tertiary/aromatic N) is 4. The maximum Gasteiger partial charge on any atom is 0.357 e. The minimum atomic E-state index is -0.600. The van der Waals surface area contributed by atoms with Crippen LogP contribution in [-0.2, 0) is 16.1 Å². The molecule has 0 radical (unpaired) electrons. The second kappa shape index (κ2) is 9.33.